The van der Waals surface area contributed by atoms with Gasteiger partial charge in [-0.15, -0.1) is 0 Å². The van der Waals surface area contributed by atoms with Crippen molar-refractivity contribution >= 4 is 40.1 Å². The standard InChI is InChI=1S/2C12H27O3SSi.Mn/c2*1-10(2,3)13-17(16,14-11(4,5)6)15-12(7,8)9;/h2*1-9H3;/q2*-1;+2. The van der Waals surface area contributed by atoms with Crippen molar-refractivity contribution in [3.63, 3.8) is 0 Å². The zero-order valence-corrected chi connectivity index (χ0v) is 30.5. The molecule has 0 unspecified atom stereocenters. The molecular formula is C24H54MnO6S2Si2. The molecule has 0 aliphatic heterocycles. The van der Waals surface area contributed by atoms with Crippen molar-refractivity contribution in [2.45, 2.75) is 158 Å². The molecule has 0 aromatic heterocycles. The Morgan fingerprint density at radius 1 is 0.314 bits per heavy atom. The van der Waals surface area contributed by atoms with Crippen molar-refractivity contribution in [1.29, 1.82) is 0 Å². The quantitative estimate of drug-likeness (QED) is 0.239. The molecule has 1 radical (unpaired) electrons. The minimum absolute atomic E-state index is 0. The monoisotopic (exact) mass is 613 g/mol. The van der Waals surface area contributed by atoms with Crippen LogP contribution in [-0.2, 0) is 67.8 Å². The van der Waals surface area contributed by atoms with Gasteiger partial charge in [0.15, 0.2) is 0 Å². The summed E-state index contributed by atoms with van der Waals surface area (Å²) in [6.45, 7) is 35.2. The number of hydrogen-bond donors (Lipinski definition) is 0. The smallest absolute Gasteiger partial charge is 0.708 e. The minimum Gasteiger partial charge on any atom is -0.708 e. The van der Waals surface area contributed by atoms with Gasteiger partial charge < -0.3 is 50.7 Å². The molecule has 213 valence electrons. The first-order valence-corrected chi connectivity index (χ1v) is 17.6. The third kappa shape index (κ3) is 28.2. The van der Waals surface area contributed by atoms with Crippen LogP contribution in [0, 0.1) is 0 Å². The Morgan fingerprint density at radius 2 is 0.400 bits per heavy atom. The topological polar surface area (TPSA) is 55.4 Å². The maximum Gasteiger partial charge on any atom is 2.00 e. The molecule has 11 heteroatoms. The fourth-order valence-corrected chi connectivity index (χ4v) is 11.6. The average molecular weight is 614 g/mol. The third-order valence-corrected chi connectivity index (χ3v) is 9.26. The molecule has 0 aromatic rings. The van der Waals surface area contributed by atoms with Gasteiger partial charge in [0.05, 0.1) is 33.6 Å². The summed E-state index contributed by atoms with van der Waals surface area (Å²) in [5.41, 5.74) is -2.22. The van der Waals surface area contributed by atoms with E-state index in [1.807, 2.05) is 125 Å². The molecule has 0 saturated heterocycles. The number of hydrogen-bond acceptors (Lipinski definition) is 8. The summed E-state index contributed by atoms with van der Waals surface area (Å²) < 4.78 is 35.3. The molecule has 35 heavy (non-hydrogen) atoms. The summed E-state index contributed by atoms with van der Waals surface area (Å²) in [7, 11) is -6.14. The molecule has 6 nitrogen and oxygen atoms in total. The van der Waals surface area contributed by atoms with Crippen LogP contribution in [0.2, 0.25) is 0 Å². The minimum atomic E-state index is -3.07. The second-order valence-corrected chi connectivity index (χ2v) is 20.5. The summed E-state index contributed by atoms with van der Waals surface area (Å²) in [5.74, 6) is 0. The molecule has 0 spiro atoms. The van der Waals surface area contributed by atoms with E-state index < -0.39 is 15.9 Å². The summed E-state index contributed by atoms with van der Waals surface area (Å²) >= 11 is 11.0. The maximum atomic E-state index is 5.89. The number of rotatable bonds is 6. The normalized spacial score (nSPS) is 14.7. The van der Waals surface area contributed by atoms with E-state index in [4.69, 9.17) is 50.7 Å². The van der Waals surface area contributed by atoms with Crippen molar-refractivity contribution in [1.82, 2.24) is 0 Å². The zero-order valence-electron chi connectivity index (χ0n) is 25.6. The fourth-order valence-electron chi connectivity index (χ4n) is 2.38. The second kappa shape index (κ2) is 13.7. The zero-order chi connectivity index (χ0) is 28.2. The van der Waals surface area contributed by atoms with E-state index in [9.17, 15) is 0 Å². The van der Waals surface area contributed by atoms with E-state index in [0.717, 1.165) is 0 Å². The molecule has 0 fully saturated rings. The van der Waals surface area contributed by atoms with Crippen LogP contribution in [0.25, 0.3) is 0 Å². The van der Waals surface area contributed by atoms with Crippen LogP contribution in [0.3, 0.4) is 0 Å². The molecule has 0 N–H and O–H groups in total. The molecule has 0 aliphatic carbocycles. The van der Waals surface area contributed by atoms with E-state index in [1.165, 1.54) is 0 Å². The van der Waals surface area contributed by atoms with Crippen molar-refractivity contribution < 1.29 is 43.6 Å². The predicted octanol–water partition coefficient (Wildman–Crippen LogP) is 6.83. The molecule has 0 aromatic carbocycles. The van der Waals surface area contributed by atoms with Gasteiger partial charge in [0.25, 0.3) is 0 Å². The van der Waals surface area contributed by atoms with Gasteiger partial charge in [-0.1, -0.05) is 0 Å². The Kier molecular flexibility index (Phi) is 16.0. The van der Waals surface area contributed by atoms with E-state index in [-0.39, 0.29) is 50.7 Å². The Bertz CT molecular complexity index is 475. The van der Waals surface area contributed by atoms with Crippen molar-refractivity contribution in [2.24, 2.45) is 0 Å². The van der Waals surface area contributed by atoms with Gasteiger partial charge in [-0.25, -0.2) is 0 Å². The van der Waals surface area contributed by atoms with E-state index in [0.29, 0.717) is 0 Å². The van der Waals surface area contributed by atoms with Crippen molar-refractivity contribution in [3.05, 3.63) is 0 Å². The van der Waals surface area contributed by atoms with Crippen molar-refractivity contribution in [2.75, 3.05) is 0 Å². The van der Waals surface area contributed by atoms with E-state index in [1.54, 1.807) is 0 Å². The summed E-state index contributed by atoms with van der Waals surface area (Å²) in [6.07, 6.45) is 0. The first kappa shape index (κ1) is 40.9. The van der Waals surface area contributed by atoms with Crippen LogP contribution >= 0.6 is 0 Å². The Morgan fingerprint density at radius 3 is 0.457 bits per heavy atom. The van der Waals surface area contributed by atoms with Crippen LogP contribution in [0.5, 0.6) is 0 Å². The average Bonchev–Trinajstić information content (AvgIpc) is 2.20. The Labute approximate surface area is 241 Å². The first-order chi connectivity index (χ1) is 14.2. The Balaban J connectivity index is -0.000000569. The molecule has 0 bridgehead atoms. The molecule has 0 heterocycles. The van der Waals surface area contributed by atoms with Gasteiger partial charge in [-0.2, -0.15) is 0 Å². The summed E-state index contributed by atoms with van der Waals surface area (Å²) in [4.78, 5) is 0. The molecule has 0 rings (SSSR count). The van der Waals surface area contributed by atoms with Crippen LogP contribution in [-0.4, -0.2) is 49.5 Å². The molecular weight excluding hydrogens is 560 g/mol. The largest absolute Gasteiger partial charge is 2.00 e. The second-order valence-electron chi connectivity index (χ2n) is 14.3. The van der Waals surface area contributed by atoms with Gasteiger partial charge in [-0.05, 0) is 125 Å². The van der Waals surface area contributed by atoms with Gasteiger partial charge in [0.2, 0.25) is 0 Å². The van der Waals surface area contributed by atoms with Gasteiger partial charge >= 0.3 is 33.0 Å². The summed E-state index contributed by atoms with van der Waals surface area (Å²) in [5, 5.41) is 0. The van der Waals surface area contributed by atoms with Gasteiger partial charge in [-0.3, -0.25) is 0 Å². The van der Waals surface area contributed by atoms with E-state index in [2.05, 4.69) is 0 Å². The molecule has 0 aliphatic rings. The molecule has 0 saturated carbocycles. The molecule has 0 amide bonds. The van der Waals surface area contributed by atoms with Crippen molar-refractivity contribution in [3.8, 4) is 0 Å². The SMILES string of the molecule is CC(C)(C)O[Si]([S-])(OC(C)(C)C)OC(C)(C)C.CC(C)(C)O[Si]([S-])(OC(C)(C)C)OC(C)(C)C.[Mn+2]. The van der Waals surface area contributed by atoms with Gasteiger partial charge in [0, 0.05) is 0 Å². The third-order valence-electron chi connectivity index (χ3n) is 2.59. The maximum absolute atomic E-state index is 5.89. The fraction of sp³-hybridized carbons (Fsp3) is 1.00. The van der Waals surface area contributed by atoms with E-state index >= 15 is 0 Å². The van der Waals surface area contributed by atoms with Crippen LogP contribution in [0.1, 0.15) is 125 Å². The van der Waals surface area contributed by atoms with Gasteiger partial charge in [0.1, 0.15) is 0 Å². The van der Waals surface area contributed by atoms with Crippen LogP contribution < -0.4 is 0 Å². The van der Waals surface area contributed by atoms with Crippen LogP contribution in [0.4, 0.5) is 0 Å². The first-order valence-electron chi connectivity index (χ1n) is 11.9. The van der Waals surface area contributed by atoms with Crippen LogP contribution in [0.15, 0.2) is 0 Å². The summed E-state index contributed by atoms with van der Waals surface area (Å²) in [6, 6.07) is 0. The molecule has 0 atom stereocenters. The Hall–Kier alpha value is 1.41. The predicted molar refractivity (Wildman–Crippen MR) is 151 cm³/mol.